The number of hydrogen-bond donors (Lipinski definition) is 0. The Hall–Kier alpha value is -2.60. The molecule has 1 aromatic carbocycles. The number of carbonyl (C=O) groups is 1. The van der Waals surface area contributed by atoms with Crippen molar-refractivity contribution < 1.29 is 9.53 Å². The Morgan fingerprint density at radius 3 is 2.88 bits per heavy atom. The van der Waals surface area contributed by atoms with Crippen LogP contribution in [0.5, 0.6) is 0 Å². The number of aromatic nitrogens is 3. The summed E-state index contributed by atoms with van der Waals surface area (Å²) < 4.78 is 9.34. The lowest BCUT2D eigenvalue weighted by Gasteiger charge is -2.28. The first-order valence-corrected chi connectivity index (χ1v) is 8.47. The number of imidazole rings is 1. The summed E-state index contributed by atoms with van der Waals surface area (Å²) in [4.78, 5) is 19.5. The number of aryl methyl sites for hydroxylation is 2. The minimum absolute atomic E-state index is 0.0996. The molecule has 2 aromatic heterocycles. The highest BCUT2D eigenvalue weighted by Crippen LogP contribution is 2.30. The first-order chi connectivity index (χ1) is 12.1. The van der Waals surface area contributed by atoms with E-state index in [1.807, 2.05) is 41.6 Å². The van der Waals surface area contributed by atoms with Crippen LogP contribution in [0.15, 0.2) is 30.6 Å². The monoisotopic (exact) mass is 338 g/mol. The SMILES string of the molecule is COCn1cnc(C)c1CN1CCc2c(c3ccccc3n2C)C1=O. The van der Waals surface area contributed by atoms with Crippen LogP contribution in [0.1, 0.15) is 27.4 Å². The number of hydrogen-bond acceptors (Lipinski definition) is 3. The fraction of sp³-hybridized carbons (Fsp3) is 0.368. The van der Waals surface area contributed by atoms with Crippen molar-refractivity contribution in [1.82, 2.24) is 19.0 Å². The molecule has 3 aromatic rings. The van der Waals surface area contributed by atoms with Crippen LogP contribution in [0.2, 0.25) is 0 Å². The summed E-state index contributed by atoms with van der Waals surface area (Å²) in [5.74, 6) is 0.0996. The van der Waals surface area contributed by atoms with E-state index in [1.165, 1.54) is 0 Å². The molecule has 130 valence electrons. The van der Waals surface area contributed by atoms with Crippen LogP contribution >= 0.6 is 0 Å². The van der Waals surface area contributed by atoms with Crippen LogP contribution in [0.4, 0.5) is 0 Å². The molecule has 0 bridgehead atoms. The van der Waals surface area contributed by atoms with E-state index in [0.29, 0.717) is 19.8 Å². The zero-order chi connectivity index (χ0) is 17.6. The summed E-state index contributed by atoms with van der Waals surface area (Å²) in [7, 11) is 3.70. The highest BCUT2D eigenvalue weighted by molar-refractivity contribution is 6.09. The maximum absolute atomic E-state index is 13.2. The van der Waals surface area contributed by atoms with Gasteiger partial charge >= 0.3 is 0 Å². The second-order valence-electron chi connectivity index (χ2n) is 6.54. The standard InChI is InChI=1S/C19H22N4O2/c1-13-17(23(11-20-13)12-25-3)10-22-9-8-16-18(19(22)24)14-6-4-5-7-15(14)21(16)2/h4-7,11H,8-10,12H2,1-3H3. The molecule has 0 saturated heterocycles. The Kier molecular flexibility index (Phi) is 3.84. The van der Waals surface area contributed by atoms with Gasteiger partial charge in [0.1, 0.15) is 6.73 Å². The van der Waals surface area contributed by atoms with E-state index in [-0.39, 0.29) is 5.91 Å². The van der Waals surface area contributed by atoms with Gasteiger partial charge in [-0.25, -0.2) is 4.98 Å². The average Bonchev–Trinajstić information content (AvgIpc) is 3.10. The minimum Gasteiger partial charge on any atom is -0.364 e. The van der Waals surface area contributed by atoms with Crippen LogP contribution in [-0.2, 0) is 31.5 Å². The van der Waals surface area contributed by atoms with Crippen LogP contribution in [0.3, 0.4) is 0 Å². The zero-order valence-electron chi connectivity index (χ0n) is 14.8. The number of para-hydroxylation sites is 1. The number of rotatable bonds is 4. The number of methoxy groups -OCH3 is 1. The summed E-state index contributed by atoms with van der Waals surface area (Å²) in [6, 6.07) is 8.12. The third-order valence-corrected chi connectivity index (χ3v) is 5.11. The second-order valence-corrected chi connectivity index (χ2v) is 6.54. The summed E-state index contributed by atoms with van der Waals surface area (Å²) in [5, 5.41) is 1.04. The smallest absolute Gasteiger partial charge is 0.256 e. The van der Waals surface area contributed by atoms with Gasteiger partial charge in [-0.3, -0.25) is 4.79 Å². The van der Waals surface area contributed by atoms with Crippen molar-refractivity contribution in [3.8, 4) is 0 Å². The van der Waals surface area contributed by atoms with Crippen molar-refractivity contribution in [3.05, 3.63) is 53.2 Å². The van der Waals surface area contributed by atoms with E-state index >= 15 is 0 Å². The van der Waals surface area contributed by atoms with Crippen molar-refractivity contribution in [2.24, 2.45) is 7.05 Å². The first kappa shape index (κ1) is 15.9. The number of amides is 1. The van der Waals surface area contributed by atoms with Crippen LogP contribution in [-0.4, -0.2) is 38.6 Å². The molecule has 6 nitrogen and oxygen atoms in total. The number of ether oxygens (including phenoxy) is 1. The highest BCUT2D eigenvalue weighted by Gasteiger charge is 2.30. The molecule has 0 aliphatic carbocycles. The molecule has 0 spiro atoms. The van der Waals surface area contributed by atoms with Crippen LogP contribution < -0.4 is 0 Å². The molecule has 6 heteroatoms. The number of carbonyl (C=O) groups excluding carboxylic acids is 1. The molecule has 1 aliphatic rings. The molecular formula is C19H22N4O2. The normalized spacial score (nSPS) is 14.4. The molecule has 1 amide bonds. The molecule has 0 fully saturated rings. The Labute approximate surface area is 146 Å². The van der Waals surface area contributed by atoms with Crippen molar-refractivity contribution in [3.63, 3.8) is 0 Å². The van der Waals surface area contributed by atoms with Gasteiger partial charge in [-0.2, -0.15) is 0 Å². The molecule has 0 radical (unpaired) electrons. The lowest BCUT2D eigenvalue weighted by atomic mass is 10.0. The summed E-state index contributed by atoms with van der Waals surface area (Å²) >= 11 is 0. The Morgan fingerprint density at radius 2 is 2.08 bits per heavy atom. The third-order valence-electron chi connectivity index (χ3n) is 5.11. The van der Waals surface area contributed by atoms with E-state index in [4.69, 9.17) is 4.74 Å². The van der Waals surface area contributed by atoms with E-state index in [0.717, 1.165) is 40.0 Å². The van der Waals surface area contributed by atoms with Crippen molar-refractivity contribution in [2.75, 3.05) is 13.7 Å². The van der Waals surface area contributed by atoms with Gasteiger partial charge in [-0.15, -0.1) is 0 Å². The average molecular weight is 338 g/mol. The predicted octanol–water partition coefficient (Wildman–Crippen LogP) is 2.49. The summed E-state index contributed by atoms with van der Waals surface area (Å²) in [5.41, 5.74) is 5.06. The van der Waals surface area contributed by atoms with Gasteiger partial charge in [0.25, 0.3) is 5.91 Å². The van der Waals surface area contributed by atoms with E-state index in [9.17, 15) is 4.79 Å². The fourth-order valence-electron chi connectivity index (χ4n) is 3.77. The van der Waals surface area contributed by atoms with Gasteiger partial charge < -0.3 is 18.8 Å². The van der Waals surface area contributed by atoms with Gasteiger partial charge in [0, 0.05) is 43.7 Å². The highest BCUT2D eigenvalue weighted by atomic mass is 16.5. The quantitative estimate of drug-likeness (QED) is 0.734. The Balaban J connectivity index is 1.71. The largest absolute Gasteiger partial charge is 0.364 e. The van der Waals surface area contributed by atoms with Gasteiger partial charge in [-0.05, 0) is 13.0 Å². The van der Waals surface area contributed by atoms with Crippen molar-refractivity contribution in [2.45, 2.75) is 26.6 Å². The molecule has 4 rings (SSSR count). The molecule has 1 aliphatic heterocycles. The van der Waals surface area contributed by atoms with Crippen LogP contribution in [0.25, 0.3) is 10.9 Å². The Bertz CT molecular complexity index is 954. The topological polar surface area (TPSA) is 52.3 Å². The molecule has 25 heavy (non-hydrogen) atoms. The maximum Gasteiger partial charge on any atom is 0.256 e. The number of fused-ring (bicyclic) bond motifs is 3. The third kappa shape index (κ3) is 2.44. The summed E-state index contributed by atoms with van der Waals surface area (Å²) in [6.07, 6.45) is 2.63. The predicted molar refractivity (Wildman–Crippen MR) is 95.3 cm³/mol. The molecule has 0 N–H and O–H groups in total. The molecule has 0 saturated carbocycles. The van der Waals surface area contributed by atoms with E-state index in [1.54, 1.807) is 13.4 Å². The summed E-state index contributed by atoms with van der Waals surface area (Å²) in [6.45, 7) is 3.68. The van der Waals surface area contributed by atoms with Gasteiger partial charge in [0.2, 0.25) is 0 Å². The van der Waals surface area contributed by atoms with E-state index < -0.39 is 0 Å². The molecule has 0 unspecified atom stereocenters. The van der Waals surface area contributed by atoms with E-state index in [2.05, 4.69) is 15.6 Å². The molecule has 0 atom stereocenters. The fourth-order valence-corrected chi connectivity index (χ4v) is 3.77. The molecule has 3 heterocycles. The van der Waals surface area contributed by atoms with Crippen molar-refractivity contribution in [1.29, 1.82) is 0 Å². The van der Waals surface area contributed by atoms with Crippen molar-refractivity contribution >= 4 is 16.8 Å². The zero-order valence-corrected chi connectivity index (χ0v) is 14.8. The van der Waals surface area contributed by atoms with Gasteiger partial charge in [-0.1, -0.05) is 18.2 Å². The van der Waals surface area contributed by atoms with Crippen LogP contribution in [0, 0.1) is 6.92 Å². The number of nitrogens with zero attached hydrogens (tertiary/aromatic N) is 4. The van der Waals surface area contributed by atoms with Gasteiger partial charge in [0.15, 0.2) is 0 Å². The lowest BCUT2D eigenvalue weighted by molar-refractivity contribution is 0.0713. The first-order valence-electron chi connectivity index (χ1n) is 8.47. The Morgan fingerprint density at radius 1 is 1.28 bits per heavy atom. The number of benzene rings is 1. The minimum atomic E-state index is 0.0996. The second kappa shape index (κ2) is 6.04. The molecular weight excluding hydrogens is 316 g/mol. The van der Waals surface area contributed by atoms with Gasteiger partial charge in [0.05, 0.1) is 29.8 Å². The lowest BCUT2D eigenvalue weighted by Crippen LogP contribution is -2.38. The maximum atomic E-state index is 13.2.